The number of rotatable bonds is 4. The Morgan fingerprint density at radius 3 is 1.66 bits per heavy atom. The third-order valence-corrected chi connectivity index (χ3v) is 10.6. The fourth-order valence-electron chi connectivity index (χ4n) is 8.08. The van der Waals surface area contributed by atoms with Gasteiger partial charge in [-0.3, -0.25) is 0 Å². The molecule has 2 aliphatic carbocycles. The zero-order chi connectivity index (χ0) is 31.5. The molecule has 0 aromatic heterocycles. The largest absolute Gasteiger partial charge is 0.0725 e. The number of halogens is 1. The van der Waals surface area contributed by atoms with Crippen LogP contribution in [-0.2, 0) is 5.41 Å². The molecular weight excluding hydrogens is 632 g/mol. The van der Waals surface area contributed by atoms with Gasteiger partial charge >= 0.3 is 0 Å². The zero-order valence-electron chi connectivity index (χ0n) is 26.0. The Bertz CT molecular complexity index is 2350. The van der Waals surface area contributed by atoms with E-state index in [1.54, 1.807) is 0 Å². The van der Waals surface area contributed by atoms with Crippen molar-refractivity contribution in [1.82, 2.24) is 0 Å². The van der Waals surface area contributed by atoms with E-state index >= 15 is 0 Å². The van der Waals surface area contributed by atoms with Gasteiger partial charge in [-0.15, -0.1) is 0 Å². The molecule has 47 heavy (non-hydrogen) atoms. The van der Waals surface area contributed by atoms with E-state index in [0.29, 0.717) is 0 Å². The van der Waals surface area contributed by atoms with Crippen LogP contribution in [-0.4, -0.2) is 0 Å². The molecular formula is C46H31Br. The van der Waals surface area contributed by atoms with Gasteiger partial charge in [-0.1, -0.05) is 162 Å². The van der Waals surface area contributed by atoms with Gasteiger partial charge in [0.2, 0.25) is 0 Å². The van der Waals surface area contributed by atoms with E-state index in [1.807, 2.05) is 0 Å². The number of benzene rings is 7. The number of aryl methyl sites for hydroxylation is 1. The van der Waals surface area contributed by atoms with Crippen LogP contribution in [0.1, 0.15) is 38.9 Å². The van der Waals surface area contributed by atoms with Gasteiger partial charge in [-0.2, -0.15) is 0 Å². The van der Waals surface area contributed by atoms with Crippen molar-refractivity contribution in [3.8, 4) is 44.5 Å². The molecule has 0 saturated carbocycles. The normalized spacial score (nSPS) is 13.4. The van der Waals surface area contributed by atoms with Gasteiger partial charge in [0.05, 0.1) is 5.41 Å². The highest BCUT2D eigenvalue weighted by Crippen LogP contribution is 2.62. The maximum absolute atomic E-state index is 3.66. The fraction of sp³-hybridized carbons (Fsp3) is 0.0435. The first-order valence-electron chi connectivity index (χ1n) is 16.2. The molecule has 9 rings (SSSR count). The summed E-state index contributed by atoms with van der Waals surface area (Å²) >= 11 is 3.66. The Morgan fingerprint density at radius 2 is 1.00 bits per heavy atom. The predicted molar refractivity (Wildman–Crippen MR) is 201 cm³/mol. The summed E-state index contributed by atoms with van der Waals surface area (Å²) in [5.74, 6) is 0. The van der Waals surface area contributed by atoms with Crippen molar-refractivity contribution >= 4 is 28.1 Å². The lowest BCUT2D eigenvalue weighted by atomic mass is 9.70. The average Bonchev–Trinajstić information content (AvgIpc) is 3.58. The Kier molecular flexibility index (Phi) is 6.52. The molecule has 0 unspecified atom stereocenters. The van der Waals surface area contributed by atoms with Crippen molar-refractivity contribution < 1.29 is 0 Å². The van der Waals surface area contributed by atoms with Crippen LogP contribution in [0.25, 0.3) is 56.7 Å². The summed E-state index contributed by atoms with van der Waals surface area (Å²) in [5, 5.41) is 0. The summed E-state index contributed by atoms with van der Waals surface area (Å²) in [7, 11) is 0. The topological polar surface area (TPSA) is 0 Å². The molecule has 0 nitrogen and oxygen atoms in total. The summed E-state index contributed by atoms with van der Waals surface area (Å²) in [4.78, 5) is 0. The second kappa shape index (κ2) is 10.9. The Morgan fingerprint density at radius 1 is 0.426 bits per heavy atom. The molecule has 0 atom stereocenters. The molecule has 0 N–H and O–H groups in total. The quantitative estimate of drug-likeness (QED) is 0.164. The SMILES string of the molecule is Cc1ccccc1-c1ccc(-c2cccc(Br)c2)cc1/C=C\c1ccc2c(c1)-c1ccccc1C21c2ccccc2-c2ccccc21. The highest BCUT2D eigenvalue weighted by molar-refractivity contribution is 9.10. The van der Waals surface area contributed by atoms with Crippen molar-refractivity contribution in [1.29, 1.82) is 0 Å². The monoisotopic (exact) mass is 662 g/mol. The van der Waals surface area contributed by atoms with Gasteiger partial charge in [0.25, 0.3) is 0 Å². The molecule has 0 amide bonds. The van der Waals surface area contributed by atoms with Crippen LogP contribution in [0.15, 0.2) is 162 Å². The Hall–Kier alpha value is -5.24. The van der Waals surface area contributed by atoms with Crippen LogP contribution < -0.4 is 0 Å². The highest BCUT2D eigenvalue weighted by Gasteiger charge is 2.51. The Labute approximate surface area is 284 Å². The van der Waals surface area contributed by atoms with Crippen molar-refractivity contribution in [2.45, 2.75) is 12.3 Å². The molecule has 7 aromatic carbocycles. The second-order valence-electron chi connectivity index (χ2n) is 12.7. The molecule has 0 aliphatic heterocycles. The first-order valence-corrected chi connectivity index (χ1v) is 17.0. The van der Waals surface area contributed by atoms with Crippen LogP contribution in [0.4, 0.5) is 0 Å². The second-order valence-corrected chi connectivity index (χ2v) is 13.6. The standard InChI is InChI=1S/C46H31Br/c1-30-11-2-3-14-36(30)37-25-24-33(32-12-10-13-35(47)29-32)28-34(37)23-21-31-22-26-45-41(27-31)40-17-6-9-20-44(40)46(45)42-18-7-4-15-38(42)39-16-5-8-19-43(39)46/h2-29H,1H3/b23-21-. The summed E-state index contributed by atoms with van der Waals surface area (Å²) in [5.41, 5.74) is 19.1. The third-order valence-electron chi connectivity index (χ3n) is 10.1. The average molecular weight is 664 g/mol. The van der Waals surface area contributed by atoms with Crippen molar-refractivity contribution in [3.63, 3.8) is 0 Å². The minimum atomic E-state index is -0.308. The number of hydrogen-bond donors (Lipinski definition) is 0. The molecule has 0 fully saturated rings. The van der Waals surface area contributed by atoms with Crippen molar-refractivity contribution in [3.05, 3.63) is 201 Å². The van der Waals surface area contributed by atoms with Crippen LogP contribution in [0.3, 0.4) is 0 Å². The van der Waals surface area contributed by atoms with Crippen LogP contribution >= 0.6 is 15.9 Å². The zero-order valence-corrected chi connectivity index (χ0v) is 27.6. The van der Waals surface area contributed by atoms with E-state index in [9.17, 15) is 0 Å². The summed E-state index contributed by atoms with van der Waals surface area (Å²) in [6.45, 7) is 2.19. The first-order chi connectivity index (χ1) is 23.1. The molecule has 0 heterocycles. The molecule has 7 aromatic rings. The van der Waals surface area contributed by atoms with Crippen LogP contribution in [0.2, 0.25) is 0 Å². The van der Waals surface area contributed by atoms with Crippen LogP contribution in [0.5, 0.6) is 0 Å². The van der Waals surface area contributed by atoms with E-state index in [1.165, 1.54) is 83.5 Å². The van der Waals surface area contributed by atoms with Gasteiger partial charge in [0.1, 0.15) is 0 Å². The summed E-state index contributed by atoms with van der Waals surface area (Å²) in [6.07, 6.45) is 4.58. The Balaban J connectivity index is 1.20. The van der Waals surface area contributed by atoms with Crippen molar-refractivity contribution in [2.24, 2.45) is 0 Å². The molecule has 1 spiro atoms. The van der Waals surface area contributed by atoms with E-state index in [-0.39, 0.29) is 5.41 Å². The minimum absolute atomic E-state index is 0.308. The van der Waals surface area contributed by atoms with Crippen molar-refractivity contribution in [2.75, 3.05) is 0 Å². The lowest BCUT2D eigenvalue weighted by Gasteiger charge is -2.30. The van der Waals surface area contributed by atoms with Gasteiger partial charge in [0, 0.05) is 4.47 Å². The van der Waals surface area contributed by atoms with E-state index in [4.69, 9.17) is 0 Å². The van der Waals surface area contributed by atoms with Gasteiger partial charge in [0.15, 0.2) is 0 Å². The molecule has 222 valence electrons. The molecule has 1 heteroatoms. The predicted octanol–water partition coefficient (Wildman–Crippen LogP) is 12.6. The molecule has 0 bridgehead atoms. The lowest BCUT2D eigenvalue weighted by molar-refractivity contribution is 0.793. The van der Waals surface area contributed by atoms with Crippen LogP contribution in [0, 0.1) is 6.92 Å². The van der Waals surface area contributed by atoms with E-state index in [0.717, 1.165) is 4.47 Å². The lowest BCUT2D eigenvalue weighted by Crippen LogP contribution is -2.25. The van der Waals surface area contributed by atoms with Gasteiger partial charge in [-0.25, -0.2) is 0 Å². The number of hydrogen-bond acceptors (Lipinski definition) is 0. The molecule has 0 saturated heterocycles. The summed E-state index contributed by atoms with van der Waals surface area (Å²) < 4.78 is 1.08. The van der Waals surface area contributed by atoms with E-state index < -0.39 is 0 Å². The number of fused-ring (bicyclic) bond motifs is 10. The molecule has 0 radical (unpaired) electrons. The molecule has 2 aliphatic rings. The maximum atomic E-state index is 3.66. The minimum Gasteiger partial charge on any atom is -0.0620 e. The first kappa shape index (κ1) is 28.0. The summed E-state index contributed by atoms with van der Waals surface area (Å²) in [6, 6.07) is 58.1. The third kappa shape index (κ3) is 4.27. The maximum Gasteiger partial charge on any atom is 0.0725 e. The van der Waals surface area contributed by atoms with Gasteiger partial charge in [-0.05, 0) is 115 Å². The fourth-order valence-corrected chi connectivity index (χ4v) is 8.47. The van der Waals surface area contributed by atoms with E-state index in [2.05, 4.69) is 193 Å². The van der Waals surface area contributed by atoms with Gasteiger partial charge < -0.3 is 0 Å². The highest BCUT2D eigenvalue weighted by atomic mass is 79.9. The smallest absolute Gasteiger partial charge is 0.0620 e.